The van der Waals surface area contributed by atoms with Gasteiger partial charge in [0.05, 0.1) is 0 Å². The minimum absolute atomic E-state index is 0.0580. The van der Waals surface area contributed by atoms with E-state index in [9.17, 15) is 5.11 Å². The highest BCUT2D eigenvalue weighted by Crippen LogP contribution is 2.48. The van der Waals surface area contributed by atoms with Crippen molar-refractivity contribution in [2.75, 3.05) is 0 Å². The highest BCUT2D eigenvalue weighted by atomic mass is 16.5. The van der Waals surface area contributed by atoms with Crippen LogP contribution in [0, 0.1) is 23.2 Å². The molecular weight excluding hydrogens is 368 g/mol. The van der Waals surface area contributed by atoms with E-state index in [1.807, 2.05) is 12.1 Å². The molecule has 1 N–H and O–H groups in total. The maximum Gasteiger partial charge on any atom is 0.123 e. The first-order valence-electron chi connectivity index (χ1n) is 12.5. The zero-order valence-electron chi connectivity index (χ0n) is 20.9. The van der Waals surface area contributed by atoms with Gasteiger partial charge in [-0.25, -0.2) is 0 Å². The van der Waals surface area contributed by atoms with E-state index in [0.717, 1.165) is 41.9 Å². The summed E-state index contributed by atoms with van der Waals surface area (Å²) < 4.78 is 6.53. The van der Waals surface area contributed by atoms with Crippen LogP contribution in [0.25, 0.3) is 0 Å². The topological polar surface area (TPSA) is 29.5 Å². The van der Waals surface area contributed by atoms with E-state index in [0.29, 0.717) is 5.75 Å². The van der Waals surface area contributed by atoms with Crippen LogP contribution in [0.2, 0.25) is 0 Å². The van der Waals surface area contributed by atoms with E-state index in [1.165, 1.54) is 51.4 Å². The van der Waals surface area contributed by atoms with Crippen molar-refractivity contribution in [2.24, 2.45) is 23.2 Å². The van der Waals surface area contributed by atoms with Crippen LogP contribution in [0.1, 0.15) is 112 Å². The predicted molar refractivity (Wildman–Crippen MR) is 129 cm³/mol. The molecule has 1 aromatic rings. The first kappa shape index (κ1) is 25.1. The lowest BCUT2D eigenvalue weighted by atomic mass is 9.67. The predicted octanol–water partition coefficient (Wildman–Crippen LogP) is 8.55. The van der Waals surface area contributed by atoms with E-state index in [2.05, 4.69) is 48.5 Å². The molecule has 0 amide bonds. The highest BCUT2D eigenvalue weighted by Gasteiger charge is 2.46. The van der Waals surface area contributed by atoms with Crippen LogP contribution in [-0.4, -0.2) is 10.7 Å². The molecule has 2 heteroatoms. The van der Waals surface area contributed by atoms with Gasteiger partial charge in [-0.15, -0.1) is 0 Å². The minimum Gasteiger partial charge on any atom is -0.508 e. The van der Waals surface area contributed by atoms with Gasteiger partial charge >= 0.3 is 0 Å². The van der Waals surface area contributed by atoms with Crippen molar-refractivity contribution in [1.82, 2.24) is 0 Å². The molecule has 0 saturated heterocycles. The number of phenolic OH excluding ortho intramolecular Hbond substituents is 1. The quantitative estimate of drug-likeness (QED) is 0.370. The molecular formula is C28H48O2. The fraction of sp³-hybridized carbons (Fsp3) is 0.786. The Hall–Kier alpha value is -1.18. The molecule has 172 valence electrons. The second-order valence-corrected chi connectivity index (χ2v) is 11.5. The molecule has 1 heterocycles. The number of ether oxygens (including phenoxy) is 1. The third kappa shape index (κ3) is 7.20. The Morgan fingerprint density at radius 3 is 2.03 bits per heavy atom. The van der Waals surface area contributed by atoms with Gasteiger partial charge in [0.25, 0.3) is 0 Å². The first-order chi connectivity index (χ1) is 14.0. The number of aromatic hydroxyl groups is 1. The maximum absolute atomic E-state index is 9.80. The number of fused-ring (bicyclic) bond motifs is 1. The standard InChI is InChI=1S/C28H48O2/c1-21(2)11-8-12-22(3)13-9-14-23(4)15-10-18-28(7)27(5,6)20-24-19-25(29)16-17-26(24)30-28/h16-17,19,21-23,29H,8-15,18,20H2,1-7H3. The van der Waals surface area contributed by atoms with Gasteiger partial charge in [-0.2, -0.15) is 0 Å². The van der Waals surface area contributed by atoms with Crippen LogP contribution >= 0.6 is 0 Å². The van der Waals surface area contributed by atoms with Gasteiger partial charge in [0.1, 0.15) is 17.1 Å². The van der Waals surface area contributed by atoms with Crippen molar-refractivity contribution in [2.45, 2.75) is 118 Å². The van der Waals surface area contributed by atoms with Gasteiger partial charge in [0.15, 0.2) is 0 Å². The number of hydrogen-bond acceptors (Lipinski definition) is 2. The van der Waals surface area contributed by atoms with Gasteiger partial charge in [-0.1, -0.05) is 86.5 Å². The zero-order chi connectivity index (χ0) is 22.4. The Kier molecular flexibility index (Phi) is 9.13. The van der Waals surface area contributed by atoms with Gasteiger partial charge in [-0.3, -0.25) is 0 Å². The Labute approximate surface area is 186 Å². The van der Waals surface area contributed by atoms with E-state index in [1.54, 1.807) is 6.07 Å². The van der Waals surface area contributed by atoms with Gasteiger partial charge in [-0.05, 0) is 67.7 Å². The number of benzene rings is 1. The third-order valence-corrected chi connectivity index (χ3v) is 7.67. The number of rotatable bonds is 12. The Morgan fingerprint density at radius 2 is 1.43 bits per heavy atom. The molecule has 3 atom stereocenters. The summed E-state index contributed by atoms with van der Waals surface area (Å²) in [5.74, 6) is 3.81. The van der Waals surface area contributed by atoms with Crippen molar-refractivity contribution in [1.29, 1.82) is 0 Å². The molecule has 1 aliphatic heterocycles. The second-order valence-electron chi connectivity index (χ2n) is 11.5. The smallest absolute Gasteiger partial charge is 0.123 e. The summed E-state index contributed by atoms with van der Waals surface area (Å²) in [6, 6.07) is 5.54. The first-order valence-corrected chi connectivity index (χ1v) is 12.5. The average molecular weight is 417 g/mol. The summed E-state index contributed by atoms with van der Waals surface area (Å²) in [7, 11) is 0. The fourth-order valence-corrected chi connectivity index (χ4v) is 5.00. The molecule has 0 radical (unpaired) electrons. The molecule has 30 heavy (non-hydrogen) atoms. The molecule has 0 spiro atoms. The third-order valence-electron chi connectivity index (χ3n) is 7.67. The number of phenols is 1. The normalized spacial score (nSPS) is 22.4. The van der Waals surface area contributed by atoms with Crippen LogP contribution in [0.15, 0.2) is 18.2 Å². The minimum atomic E-state index is -0.151. The van der Waals surface area contributed by atoms with Crippen molar-refractivity contribution in [3.63, 3.8) is 0 Å². The van der Waals surface area contributed by atoms with Crippen LogP contribution in [0.4, 0.5) is 0 Å². The molecule has 0 aliphatic carbocycles. The zero-order valence-corrected chi connectivity index (χ0v) is 20.9. The van der Waals surface area contributed by atoms with Crippen molar-refractivity contribution in [3.05, 3.63) is 23.8 Å². The lowest BCUT2D eigenvalue weighted by molar-refractivity contribution is -0.0516. The molecule has 1 aliphatic rings. The summed E-state index contributed by atoms with van der Waals surface area (Å²) in [5.41, 5.74) is 1.04. The molecule has 3 unspecified atom stereocenters. The van der Waals surface area contributed by atoms with Gasteiger partial charge in [0, 0.05) is 5.41 Å². The van der Waals surface area contributed by atoms with E-state index in [4.69, 9.17) is 4.74 Å². The monoisotopic (exact) mass is 416 g/mol. The Morgan fingerprint density at radius 1 is 0.867 bits per heavy atom. The summed E-state index contributed by atoms with van der Waals surface area (Å²) in [5, 5.41) is 9.80. The summed E-state index contributed by atoms with van der Waals surface area (Å²) >= 11 is 0. The summed E-state index contributed by atoms with van der Waals surface area (Å²) in [6.45, 7) is 16.4. The largest absolute Gasteiger partial charge is 0.508 e. The Bertz CT molecular complexity index is 648. The van der Waals surface area contributed by atoms with Crippen LogP contribution in [-0.2, 0) is 6.42 Å². The lowest BCUT2D eigenvalue weighted by Gasteiger charge is -2.48. The summed E-state index contributed by atoms with van der Waals surface area (Å²) in [6.07, 6.45) is 12.9. The van der Waals surface area contributed by atoms with Crippen LogP contribution in [0.3, 0.4) is 0 Å². The second kappa shape index (κ2) is 10.9. The average Bonchev–Trinajstić information content (AvgIpc) is 2.62. The SMILES string of the molecule is CC(C)CCCC(C)CCCC(C)CCCC1(C)Oc2ccc(O)cc2CC1(C)C. The van der Waals surface area contributed by atoms with E-state index in [-0.39, 0.29) is 11.0 Å². The molecule has 0 fully saturated rings. The Balaban J connectivity index is 1.72. The summed E-state index contributed by atoms with van der Waals surface area (Å²) in [4.78, 5) is 0. The molecule has 2 nitrogen and oxygen atoms in total. The molecule has 0 aromatic heterocycles. The van der Waals surface area contributed by atoms with Crippen LogP contribution in [0.5, 0.6) is 11.5 Å². The molecule has 0 saturated carbocycles. The van der Waals surface area contributed by atoms with Gasteiger partial charge < -0.3 is 9.84 Å². The van der Waals surface area contributed by atoms with Crippen LogP contribution < -0.4 is 4.74 Å². The maximum atomic E-state index is 9.80. The molecule has 1 aromatic carbocycles. The van der Waals surface area contributed by atoms with Gasteiger partial charge in [0.2, 0.25) is 0 Å². The lowest BCUT2D eigenvalue weighted by Crippen LogP contribution is -2.51. The van der Waals surface area contributed by atoms with E-state index < -0.39 is 0 Å². The van der Waals surface area contributed by atoms with Crippen molar-refractivity contribution < 1.29 is 9.84 Å². The molecule has 0 bridgehead atoms. The highest BCUT2D eigenvalue weighted by molar-refractivity contribution is 5.42. The van der Waals surface area contributed by atoms with Crippen molar-refractivity contribution in [3.8, 4) is 11.5 Å². The van der Waals surface area contributed by atoms with Crippen molar-refractivity contribution >= 4 is 0 Å². The fourth-order valence-electron chi connectivity index (χ4n) is 5.00. The molecule has 2 rings (SSSR count). The number of hydrogen-bond donors (Lipinski definition) is 1. The van der Waals surface area contributed by atoms with E-state index >= 15 is 0 Å².